The summed E-state index contributed by atoms with van der Waals surface area (Å²) in [7, 11) is 3.00. The van der Waals surface area contributed by atoms with Crippen molar-refractivity contribution in [3.05, 3.63) is 35.9 Å². The molecule has 1 N–H and O–H groups in total. The maximum atomic E-state index is 6.27. The molecule has 1 aliphatic heterocycles. The van der Waals surface area contributed by atoms with Crippen LogP contribution in [0.1, 0.15) is 52.0 Å². The second-order valence-electron chi connectivity index (χ2n) is 8.45. The summed E-state index contributed by atoms with van der Waals surface area (Å²) in [5.74, 6) is 0. The third-order valence-electron chi connectivity index (χ3n) is 6.60. The number of hydrogen-bond acceptors (Lipinski definition) is 5. The zero-order chi connectivity index (χ0) is 21.3. The van der Waals surface area contributed by atoms with Gasteiger partial charge in [-0.25, -0.2) is 0 Å². The Bertz CT molecular complexity index is 583. The molecule has 2 rings (SSSR count). The molecular weight excluding hydrogens is 380 g/mol. The van der Waals surface area contributed by atoms with Gasteiger partial charge < -0.3 is 18.9 Å². The molecule has 1 heterocycles. The van der Waals surface area contributed by atoms with E-state index in [9.17, 15) is 0 Å². The Labute approximate surface area is 179 Å². The quantitative estimate of drug-likeness (QED) is 0.514. The monoisotopic (exact) mass is 422 g/mol. The van der Waals surface area contributed by atoms with E-state index in [0.717, 1.165) is 51.4 Å². The van der Waals surface area contributed by atoms with Crippen LogP contribution < -0.4 is 5.32 Å². The van der Waals surface area contributed by atoms with Gasteiger partial charge in [0.05, 0.1) is 0 Å². The summed E-state index contributed by atoms with van der Waals surface area (Å²) in [5, 5.41) is 3.51. The normalized spacial score (nSPS) is 24.3. The highest BCUT2D eigenvalue weighted by atomic mass is 28.4. The van der Waals surface area contributed by atoms with Gasteiger partial charge in [-0.2, -0.15) is 0 Å². The summed E-state index contributed by atoms with van der Waals surface area (Å²) in [6.07, 6.45) is 4.25. The number of hydrogen-bond donors (Lipinski definition) is 1. The topological polar surface area (TPSA) is 43.0 Å². The highest BCUT2D eigenvalue weighted by molar-refractivity contribution is 6.71. The molecule has 2 atom stereocenters. The number of rotatable bonds is 12. The molecular formula is C23H42N2O3Si. The lowest BCUT2D eigenvalue weighted by atomic mass is 9.99. The minimum atomic E-state index is -2.45. The molecule has 5 nitrogen and oxygen atoms in total. The van der Waals surface area contributed by atoms with Crippen molar-refractivity contribution in [2.24, 2.45) is 0 Å². The van der Waals surface area contributed by atoms with Gasteiger partial charge in [0.25, 0.3) is 0 Å². The van der Waals surface area contributed by atoms with E-state index >= 15 is 0 Å². The molecule has 6 heteroatoms. The summed E-state index contributed by atoms with van der Waals surface area (Å²) in [6, 6.07) is 12.5. The van der Waals surface area contributed by atoms with Crippen LogP contribution in [0.25, 0.3) is 0 Å². The minimum Gasteiger partial charge on any atom is -0.396 e. The maximum Gasteiger partial charge on any atom is 0.372 e. The highest BCUT2D eigenvalue weighted by Gasteiger charge is 2.62. The van der Waals surface area contributed by atoms with Gasteiger partial charge >= 0.3 is 8.56 Å². The van der Waals surface area contributed by atoms with Crippen LogP contribution in [0.3, 0.4) is 0 Å². The van der Waals surface area contributed by atoms with Gasteiger partial charge in [0, 0.05) is 53.0 Å². The van der Waals surface area contributed by atoms with E-state index in [1.165, 1.54) is 5.56 Å². The van der Waals surface area contributed by atoms with E-state index in [4.69, 9.17) is 13.6 Å². The first-order valence-electron chi connectivity index (χ1n) is 11.2. The average molecular weight is 423 g/mol. The molecule has 29 heavy (non-hydrogen) atoms. The van der Waals surface area contributed by atoms with Crippen molar-refractivity contribution in [2.75, 3.05) is 34.4 Å². The van der Waals surface area contributed by atoms with Crippen molar-refractivity contribution in [3.8, 4) is 0 Å². The smallest absolute Gasteiger partial charge is 0.372 e. The standard InChI is InChI=1S/C23H42N2O3Si/c1-7-15-23(26-4)22(14-11-18-29(23,27-5)28-6)24-16-17-25(20(2)3)19-21-12-9-8-10-13-21/h8-10,12-13,20,22,24H,7,11,14-19H2,1-6H3. The second-order valence-corrected chi connectivity index (χ2v) is 12.1. The summed E-state index contributed by atoms with van der Waals surface area (Å²) in [4.78, 5) is 2.52. The number of methoxy groups -OCH3 is 1. The van der Waals surface area contributed by atoms with E-state index in [0.29, 0.717) is 6.04 Å². The molecule has 1 saturated heterocycles. The van der Waals surface area contributed by atoms with Crippen LogP contribution in [0.5, 0.6) is 0 Å². The van der Waals surface area contributed by atoms with Crippen LogP contribution in [0.15, 0.2) is 30.3 Å². The molecule has 0 amide bonds. The number of nitrogens with one attached hydrogen (secondary N) is 1. The van der Waals surface area contributed by atoms with Crippen LogP contribution in [0, 0.1) is 0 Å². The predicted octanol–water partition coefficient (Wildman–Crippen LogP) is 4.11. The Morgan fingerprint density at radius 2 is 1.86 bits per heavy atom. The van der Waals surface area contributed by atoms with E-state index < -0.39 is 8.56 Å². The first kappa shape index (κ1) is 24.5. The summed E-state index contributed by atoms with van der Waals surface area (Å²) in [5.41, 5.74) is 1.36. The molecule has 1 fully saturated rings. The Morgan fingerprint density at radius 1 is 1.17 bits per heavy atom. The molecule has 0 aliphatic carbocycles. The zero-order valence-electron chi connectivity index (χ0n) is 19.4. The first-order valence-corrected chi connectivity index (χ1v) is 13.2. The van der Waals surface area contributed by atoms with Crippen LogP contribution in [-0.2, 0) is 20.1 Å². The van der Waals surface area contributed by atoms with Crippen molar-refractivity contribution >= 4 is 8.56 Å². The van der Waals surface area contributed by atoms with Crippen molar-refractivity contribution < 1.29 is 13.6 Å². The molecule has 0 spiro atoms. The summed E-state index contributed by atoms with van der Waals surface area (Å²) in [6.45, 7) is 9.68. The maximum absolute atomic E-state index is 6.27. The minimum absolute atomic E-state index is 0.263. The molecule has 1 aliphatic rings. The third-order valence-corrected chi connectivity index (χ3v) is 11.0. The van der Waals surface area contributed by atoms with E-state index in [1.807, 2.05) is 21.3 Å². The molecule has 166 valence electrons. The lowest BCUT2D eigenvalue weighted by Crippen LogP contribution is -2.73. The van der Waals surface area contributed by atoms with Crippen molar-refractivity contribution in [1.82, 2.24) is 10.2 Å². The van der Waals surface area contributed by atoms with Crippen molar-refractivity contribution in [2.45, 2.75) is 76.4 Å². The van der Waals surface area contributed by atoms with Gasteiger partial charge in [0.2, 0.25) is 0 Å². The fraction of sp³-hybridized carbons (Fsp3) is 0.739. The van der Waals surface area contributed by atoms with Gasteiger partial charge in [-0.1, -0.05) is 43.7 Å². The fourth-order valence-electron chi connectivity index (χ4n) is 5.01. The highest BCUT2D eigenvalue weighted by Crippen LogP contribution is 2.43. The Hall–Kier alpha value is -0.763. The third kappa shape index (κ3) is 5.49. The van der Waals surface area contributed by atoms with Gasteiger partial charge in [0.1, 0.15) is 5.22 Å². The Morgan fingerprint density at radius 3 is 2.41 bits per heavy atom. The SMILES string of the molecule is CCCC1(OC)C(NCCN(Cc2ccccc2)C(C)C)CCC[Si]1(OC)OC. The number of ether oxygens (including phenoxy) is 1. The van der Waals surface area contributed by atoms with Crippen LogP contribution in [0.4, 0.5) is 0 Å². The molecule has 0 saturated carbocycles. The van der Waals surface area contributed by atoms with Crippen LogP contribution in [-0.4, -0.2) is 65.2 Å². The van der Waals surface area contributed by atoms with Gasteiger partial charge in [-0.15, -0.1) is 0 Å². The second kappa shape index (κ2) is 11.6. The number of nitrogens with zero attached hydrogens (tertiary/aromatic N) is 1. The predicted molar refractivity (Wildman–Crippen MR) is 122 cm³/mol. The number of benzene rings is 1. The Balaban J connectivity index is 2.07. The van der Waals surface area contributed by atoms with E-state index in [-0.39, 0.29) is 11.3 Å². The van der Waals surface area contributed by atoms with Crippen LogP contribution >= 0.6 is 0 Å². The van der Waals surface area contributed by atoms with E-state index in [1.54, 1.807) is 0 Å². The van der Waals surface area contributed by atoms with Crippen LogP contribution in [0.2, 0.25) is 6.04 Å². The zero-order valence-corrected chi connectivity index (χ0v) is 20.4. The summed E-state index contributed by atoms with van der Waals surface area (Å²) < 4.78 is 18.5. The largest absolute Gasteiger partial charge is 0.396 e. The average Bonchev–Trinajstić information content (AvgIpc) is 2.74. The Kier molecular flexibility index (Phi) is 9.79. The van der Waals surface area contributed by atoms with Gasteiger partial charge in [-0.3, -0.25) is 4.90 Å². The molecule has 0 radical (unpaired) electrons. The van der Waals surface area contributed by atoms with Gasteiger partial charge in [-0.05, 0) is 44.7 Å². The lowest BCUT2D eigenvalue weighted by Gasteiger charge is -2.52. The summed E-state index contributed by atoms with van der Waals surface area (Å²) >= 11 is 0. The first-order chi connectivity index (χ1) is 14.0. The molecule has 2 unspecified atom stereocenters. The van der Waals surface area contributed by atoms with Gasteiger partial charge in [0.15, 0.2) is 0 Å². The van der Waals surface area contributed by atoms with Crippen molar-refractivity contribution in [3.63, 3.8) is 0 Å². The molecule has 0 bridgehead atoms. The lowest BCUT2D eigenvalue weighted by molar-refractivity contribution is -0.0377. The van der Waals surface area contributed by atoms with Crippen molar-refractivity contribution in [1.29, 1.82) is 0 Å². The molecule has 1 aromatic rings. The fourth-order valence-corrected chi connectivity index (χ4v) is 9.08. The molecule has 1 aromatic carbocycles. The molecule has 0 aromatic heterocycles. The van der Waals surface area contributed by atoms with E-state index in [2.05, 4.69) is 61.3 Å².